The van der Waals surface area contributed by atoms with Gasteiger partial charge in [-0.15, -0.1) is 0 Å². The molecule has 0 bridgehead atoms. The van der Waals surface area contributed by atoms with Gasteiger partial charge in [-0.05, 0) is 53.8 Å². The molecule has 1 aliphatic rings. The van der Waals surface area contributed by atoms with E-state index in [1.165, 1.54) is 0 Å². The Morgan fingerprint density at radius 2 is 1.58 bits per heavy atom. The van der Waals surface area contributed by atoms with Gasteiger partial charge in [0.25, 0.3) is 5.91 Å². The number of nitrogens with one attached hydrogen (secondary N) is 2. The van der Waals surface area contributed by atoms with E-state index in [4.69, 9.17) is 5.73 Å². The maximum Gasteiger partial charge on any atom is 0.255 e. The number of carbonyl (C=O) groups is 2. The van der Waals surface area contributed by atoms with Crippen LogP contribution in [0.1, 0.15) is 41.6 Å². The highest BCUT2D eigenvalue weighted by Crippen LogP contribution is 2.28. The van der Waals surface area contributed by atoms with Crippen molar-refractivity contribution in [3.05, 3.63) is 83.9 Å². The van der Waals surface area contributed by atoms with Gasteiger partial charge in [0.1, 0.15) is 0 Å². The molecule has 5 heteroatoms. The Morgan fingerprint density at radius 1 is 0.871 bits per heavy atom. The average Bonchev–Trinajstić information content (AvgIpc) is 3.35. The summed E-state index contributed by atoms with van der Waals surface area (Å²) in [7, 11) is 0. The minimum atomic E-state index is -0.224. The van der Waals surface area contributed by atoms with E-state index in [2.05, 4.69) is 10.6 Å². The molecule has 0 radical (unpaired) electrons. The molecule has 2 amide bonds. The van der Waals surface area contributed by atoms with E-state index >= 15 is 0 Å². The minimum Gasteiger partial charge on any atom is -0.397 e. The molecule has 158 valence electrons. The third-order valence-corrected chi connectivity index (χ3v) is 5.82. The molecule has 31 heavy (non-hydrogen) atoms. The van der Waals surface area contributed by atoms with Gasteiger partial charge in [-0.2, -0.15) is 0 Å². The number of rotatable bonds is 6. The number of nitrogens with two attached hydrogens (primary N) is 1. The summed E-state index contributed by atoms with van der Waals surface area (Å²) < 4.78 is 0. The van der Waals surface area contributed by atoms with Crippen LogP contribution in [0.15, 0.2) is 72.8 Å². The summed E-state index contributed by atoms with van der Waals surface area (Å²) in [6.07, 6.45) is 4.25. The lowest BCUT2D eigenvalue weighted by Crippen LogP contribution is -2.28. The Hall–Kier alpha value is -3.60. The van der Waals surface area contributed by atoms with Gasteiger partial charge in [-0.25, -0.2) is 0 Å². The summed E-state index contributed by atoms with van der Waals surface area (Å²) in [5.41, 5.74) is 10.7. The Morgan fingerprint density at radius 3 is 2.29 bits per heavy atom. The predicted octanol–water partition coefficient (Wildman–Crippen LogP) is 4.99. The smallest absolute Gasteiger partial charge is 0.255 e. The number of benzene rings is 3. The molecule has 3 aromatic rings. The summed E-state index contributed by atoms with van der Waals surface area (Å²) in [6.45, 7) is 0.475. The van der Waals surface area contributed by atoms with Crippen molar-refractivity contribution in [2.75, 3.05) is 11.1 Å². The molecule has 0 spiro atoms. The first-order valence-electron chi connectivity index (χ1n) is 10.7. The topological polar surface area (TPSA) is 84.2 Å². The zero-order valence-corrected chi connectivity index (χ0v) is 17.4. The highest BCUT2D eigenvalue weighted by atomic mass is 16.2. The van der Waals surface area contributed by atoms with E-state index in [1.807, 2.05) is 54.6 Å². The summed E-state index contributed by atoms with van der Waals surface area (Å²) in [5.74, 6) is 0.0636. The lowest BCUT2D eigenvalue weighted by atomic mass is 10.0. The largest absolute Gasteiger partial charge is 0.397 e. The second-order valence-corrected chi connectivity index (χ2v) is 8.02. The summed E-state index contributed by atoms with van der Waals surface area (Å²) in [4.78, 5) is 24.9. The summed E-state index contributed by atoms with van der Waals surface area (Å²) in [6, 6.07) is 22.8. The standard InChI is InChI=1S/C26H27N3O2/c27-23-15-14-22(19-6-2-1-3-7-19)16-24(23)29-26(31)21-12-10-18(11-13-21)17-28-25(30)20-8-4-5-9-20/h1-3,6-7,10-16,20H,4-5,8-9,17,27H2,(H,28,30)(H,29,31). The van der Waals surface area contributed by atoms with Crippen LogP contribution >= 0.6 is 0 Å². The second kappa shape index (κ2) is 9.47. The van der Waals surface area contributed by atoms with Crippen molar-refractivity contribution in [2.45, 2.75) is 32.2 Å². The Bertz CT molecular complexity index is 1060. The molecule has 1 aliphatic carbocycles. The van der Waals surface area contributed by atoms with Crippen LogP contribution in [0.2, 0.25) is 0 Å². The molecule has 0 saturated heterocycles. The molecule has 4 N–H and O–H groups in total. The maximum absolute atomic E-state index is 12.7. The minimum absolute atomic E-state index is 0.132. The number of hydrogen-bond acceptors (Lipinski definition) is 3. The van der Waals surface area contributed by atoms with Crippen LogP contribution in [0.5, 0.6) is 0 Å². The fourth-order valence-electron chi connectivity index (χ4n) is 3.96. The van der Waals surface area contributed by atoms with Crippen molar-refractivity contribution in [1.29, 1.82) is 0 Å². The normalized spacial score (nSPS) is 13.7. The van der Waals surface area contributed by atoms with Crippen molar-refractivity contribution in [3.8, 4) is 11.1 Å². The van der Waals surface area contributed by atoms with Crippen LogP contribution in [0.25, 0.3) is 11.1 Å². The molecule has 0 unspecified atom stereocenters. The monoisotopic (exact) mass is 413 g/mol. The van der Waals surface area contributed by atoms with Crippen LogP contribution in [-0.2, 0) is 11.3 Å². The van der Waals surface area contributed by atoms with E-state index < -0.39 is 0 Å². The van der Waals surface area contributed by atoms with E-state index in [9.17, 15) is 9.59 Å². The van der Waals surface area contributed by atoms with Gasteiger partial charge in [0.15, 0.2) is 0 Å². The van der Waals surface area contributed by atoms with E-state index in [-0.39, 0.29) is 17.7 Å². The van der Waals surface area contributed by atoms with E-state index in [0.717, 1.165) is 42.4 Å². The molecule has 3 aromatic carbocycles. The molecule has 5 nitrogen and oxygen atoms in total. The maximum atomic E-state index is 12.7. The summed E-state index contributed by atoms with van der Waals surface area (Å²) >= 11 is 0. The zero-order valence-electron chi connectivity index (χ0n) is 17.4. The lowest BCUT2D eigenvalue weighted by molar-refractivity contribution is -0.124. The Kier molecular flexibility index (Phi) is 6.32. The molecule has 0 heterocycles. The first-order chi connectivity index (χ1) is 15.1. The third-order valence-electron chi connectivity index (χ3n) is 5.82. The first kappa shape index (κ1) is 20.7. The van der Waals surface area contributed by atoms with Crippen LogP contribution < -0.4 is 16.4 Å². The molecule has 0 aromatic heterocycles. The molecule has 1 fully saturated rings. The zero-order chi connectivity index (χ0) is 21.6. The molecule has 4 rings (SSSR count). The lowest BCUT2D eigenvalue weighted by Gasteiger charge is -2.12. The van der Waals surface area contributed by atoms with Crippen molar-refractivity contribution in [2.24, 2.45) is 5.92 Å². The Labute approximate surface area is 182 Å². The van der Waals surface area contributed by atoms with Gasteiger partial charge in [-0.1, -0.05) is 61.4 Å². The molecule has 0 atom stereocenters. The second-order valence-electron chi connectivity index (χ2n) is 8.02. The third kappa shape index (κ3) is 5.12. The van der Waals surface area contributed by atoms with Gasteiger partial charge in [0.05, 0.1) is 11.4 Å². The van der Waals surface area contributed by atoms with Crippen LogP contribution in [0, 0.1) is 5.92 Å². The van der Waals surface area contributed by atoms with Crippen LogP contribution in [0.4, 0.5) is 11.4 Å². The predicted molar refractivity (Wildman–Crippen MR) is 124 cm³/mol. The molecular formula is C26H27N3O2. The van der Waals surface area contributed by atoms with Crippen LogP contribution in [-0.4, -0.2) is 11.8 Å². The number of hydrogen-bond donors (Lipinski definition) is 3. The van der Waals surface area contributed by atoms with Gasteiger partial charge in [0, 0.05) is 18.0 Å². The van der Waals surface area contributed by atoms with E-state index in [0.29, 0.717) is 23.5 Å². The number of carbonyl (C=O) groups excluding carboxylic acids is 2. The highest BCUT2D eigenvalue weighted by Gasteiger charge is 2.22. The SMILES string of the molecule is Nc1ccc(-c2ccccc2)cc1NC(=O)c1ccc(CNC(=O)C2CCCC2)cc1. The number of nitrogen functional groups attached to an aromatic ring is 1. The van der Waals surface area contributed by atoms with Crippen molar-refractivity contribution >= 4 is 23.2 Å². The van der Waals surface area contributed by atoms with Gasteiger partial charge < -0.3 is 16.4 Å². The van der Waals surface area contributed by atoms with Crippen LogP contribution in [0.3, 0.4) is 0 Å². The van der Waals surface area contributed by atoms with Gasteiger partial charge in [0.2, 0.25) is 5.91 Å². The first-order valence-corrected chi connectivity index (χ1v) is 10.7. The van der Waals surface area contributed by atoms with Crippen molar-refractivity contribution in [3.63, 3.8) is 0 Å². The molecule has 0 aliphatic heterocycles. The fraction of sp³-hybridized carbons (Fsp3) is 0.231. The van der Waals surface area contributed by atoms with E-state index in [1.54, 1.807) is 18.2 Å². The Balaban J connectivity index is 1.39. The molecular weight excluding hydrogens is 386 g/mol. The highest BCUT2D eigenvalue weighted by molar-refractivity contribution is 6.06. The van der Waals surface area contributed by atoms with Gasteiger partial charge in [-0.3, -0.25) is 9.59 Å². The van der Waals surface area contributed by atoms with Crippen molar-refractivity contribution < 1.29 is 9.59 Å². The number of anilines is 2. The van der Waals surface area contributed by atoms with Crippen molar-refractivity contribution in [1.82, 2.24) is 5.32 Å². The summed E-state index contributed by atoms with van der Waals surface area (Å²) in [5, 5.41) is 5.91. The van der Waals surface area contributed by atoms with Gasteiger partial charge >= 0.3 is 0 Å². The average molecular weight is 414 g/mol. The fourth-order valence-corrected chi connectivity index (χ4v) is 3.96. The quantitative estimate of drug-likeness (QED) is 0.498. The number of amides is 2. The molecule has 1 saturated carbocycles.